The summed E-state index contributed by atoms with van der Waals surface area (Å²) in [6.07, 6.45) is 2.01. The van der Waals surface area contributed by atoms with Crippen LogP contribution < -0.4 is 10.5 Å². The summed E-state index contributed by atoms with van der Waals surface area (Å²) >= 11 is 0. The number of esters is 1. The van der Waals surface area contributed by atoms with E-state index >= 15 is 0 Å². The van der Waals surface area contributed by atoms with Gasteiger partial charge in [0.15, 0.2) is 0 Å². The molecule has 1 aromatic rings. The van der Waals surface area contributed by atoms with Crippen molar-refractivity contribution in [2.24, 2.45) is 5.73 Å². The molecule has 0 aliphatic rings. The molecule has 5 heteroatoms. The van der Waals surface area contributed by atoms with Crippen molar-refractivity contribution in [3.05, 3.63) is 23.9 Å². The molecule has 0 saturated heterocycles. The minimum atomic E-state index is -0.682. The third kappa shape index (κ3) is 4.03. The SMILES string of the molecule is CCOC(=O)C(N)Cc1cccnc1OCC. The first kappa shape index (κ1) is 13.4. The first-order valence-corrected chi connectivity index (χ1v) is 5.67. The lowest BCUT2D eigenvalue weighted by Crippen LogP contribution is -2.34. The molecule has 0 fully saturated rings. The molecule has 1 unspecified atom stereocenters. The molecule has 0 aliphatic heterocycles. The maximum atomic E-state index is 11.4. The van der Waals surface area contributed by atoms with Gasteiger partial charge in [0.1, 0.15) is 6.04 Å². The second-order valence-corrected chi connectivity index (χ2v) is 3.46. The molecule has 0 amide bonds. The summed E-state index contributed by atoms with van der Waals surface area (Å²) in [7, 11) is 0. The summed E-state index contributed by atoms with van der Waals surface area (Å²) in [6, 6.07) is 2.95. The van der Waals surface area contributed by atoms with Gasteiger partial charge in [0.05, 0.1) is 13.2 Å². The summed E-state index contributed by atoms with van der Waals surface area (Å²) in [5.41, 5.74) is 6.56. The quantitative estimate of drug-likeness (QED) is 0.746. The fraction of sp³-hybridized carbons (Fsp3) is 0.500. The van der Waals surface area contributed by atoms with E-state index in [0.717, 1.165) is 5.56 Å². The predicted octanol–water partition coefficient (Wildman–Crippen LogP) is 0.913. The van der Waals surface area contributed by atoms with Crippen molar-refractivity contribution < 1.29 is 14.3 Å². The summed E-state index contributed by atoms with van der Waals surface area (Å²) in [5.74, 6) is 0.119. The van der Waals surface area contributed by atoms with Crippen molar-refractivity contribution in [3.63, 3.8) is 0 Å². The topological polar surface area (TPSA) is 74.4 Å². The highest BCUT2D eigenvalue weighted by Crippen LogP contribution is 2.16. The van der Waals surface area contributed by atoms with E-state index in [1.54, 1.807) is 19.2 Å². The third-order valence-electron chi connectivity index (χ3n) is 2.16. The van der Waals surface area contributed by atoms with E-state index in [1.165, 1.54) is 0 Å². The minimum Gasteiger partial charge on any atom is -0.478 e. The van der Waals surface area contributed by atoms with Crippen molar-refractivity contribution in [2.75, 3.05) is 13.2 Å². The highest BCUT2D eigenvalue weighted by molar-refractivity contribution is 5.75. The molecule has 0 aliphatic carbocycles. The van der Waals surface area contributed by atoms with Crippen molar-refractivity contribution >= 4 is 5.97 Å². The number of hydrogen-bond donors (Lipinski definition) is 1. The van der Waals surface area contributed by atoms with Gasteiger partial charge in [-0.05, 0) is 19.9 Å². The van der Waals surface area contributed by atoms with E-state index in [4.69, 9.17) is 15.2 Å². The highest BCUT2D eigenvalue weighted by atomic mass is 16.5. The Kier molecular flexibility index (Phi) is 5.42. The highest BCUT2D eigenvalue weighted by Gasteiger charge is 2.17. The zero-order chi connectivity index (χ0) is 12.7. The van der Waals surface area contributed by atoms with E-state index in [-0.39, 0.29) is 0 Å². The minimum absolute atomic E-state index is 0.331. The maximum absolute atomic E-state index is 11.4. The number of nitrogens with zero attached hydrogens (tertiary/aromatic N) is 1. The van der Waals surface area contributed by atoms with Crippen LogP contribution in [-0.2, 0) is 16.0 Å². The van der Waals surface area contributed by atoms with E-state index in [0.29, 0.717) is 25.5 Å². The molecule has 2 N–H and O–H groups in total. The van der Waals surface area contributed by atoms with Gasteiger partial charge in [-0.1, -0.05) is 6.07 Å². The fourth-order valence-corrected chi connectivity index (χ4v) is 1.42. The van der Waals surface area contributed by atoms with Crippen LogP contribution >= 0.6 is 0 Å². The van der Waals surface area contributed by atoms with E-state index in [1.807, 2.05) is 13.0 Å². The van der Waals surface area contributed by atoms with Crippen LogP contribution in [0, 0.1) is 0 Å². The van der Waals surface area contributed by atoms with Crippen LogP contribution in [0.4, 0.5) is 0 Å². The van der Waals surface area contributed by atoms with Crippen LogP contribution in [0.25, 0.3) is 0 Å². The smallest absolute Gasteiger partial charge is 0.323 e. The number of hydrogen-bond acceptors (Lipinski definition) is 5. The average Bonchev–Trinajstić information content (AvgIpc) is 2.32. The molecule has 94 valence electrons. The molecule has 17 heavy (non-hydrogen) atoms. The maximum Gasteiger partial charge on any atom is 0.323 e. The van der Waals surface area contributed by atoms with E-state index in [9.17, 15) is 4.79 Å². The first-order valence-electron chi connectivity index (χ1n) is 5.67. The van der Waals surface area contributed by atoms with Gasteiger partial charge in [0, 0.05) is 18.2 Å². The average molecular weight is 238 g/mol. The lowest BCUT2D eigenvalue weighted by molar-refractivity contribution is -0.144. The molecule has 1 rings (SSSR count). The van der Waals surface area contributed by atoms with E-state index < -0.39 is 12.0 Å². The Hall–Kier alpha value is -1.62. The summed E-state index contributed by atoms with van der Waals surface area (Å²) in [6.45, 7) is 4.49. The van der Waals surface area contributed by atoms with Gasteiger partial charge in [-0.2, -0.15) is 0 Å². The van der Waals surface area contributed by atoms with Crippen molar-refractivity contribution in [3.8, 4) is 5.88 Å². The summed E-state index contributed by atoms with van der Waals surface area (Å²) in [4.78, 5) is 15.5. The van der Waals surface area contributed by atoms with Gasteiger partial charge < -0.3 is 15.2 Å². The number of nitrogens with two attached hydrogens (primary N) is 1. The molecule has 1 heterocycles. The molecule has 1 atom stereocenters. The van der Waals surface area contributed by atoms with Crippen LogP contribution in [0.15, 0.2) is 18.3 Å². The molecule has 0 saturated carbocycles. The largest absolute Gasteiger partial charge is 0.478 e. The summed E-state index contributed by atoms with van der Waals surface area (Å²) in [5, 5.41) is 0. The Labute approximate surface area is 101 Å². The number of ether oxygens (including phenoxy) is 2. The Morgan fingerprint density at radius 2 is 2.24 bits per heavy atom. The second kappa shape index (κ2) is 6.85. The van der Waals surface area contributed by atoms with Gasteiger partial charge in [-0.15, -0.1) is 0 Å². The number of carbonyl (C=O) groups is 1. The first-order chi connectivity index (χ1) is 8.19. The molecule has 5 nitrogen and oxygen atoms in total. The Morgan fingerprint density at radius 1 is 1.47 bits per heavy atom. The number of pyridine rings is 1. The molecule has 0 aromatic carbocycles. The van der Waals surface area contributed by atoms with Crippen molar-refractivity contribution in [1.29, 1.82) is 0 Å². The van der Waals surface area contributed by atoms with Crippen LogP contribution in [-0.4, -0.2) is 30.2 Å². The standard InChI is InChI=1S/C12H18N2O3/c1-3-16-11-9(6-5-7-14-11)8-10(13)12(15)17-4-2/h5-7,10H,3-4,8,13H2,1-2H3. The van der Waals surface area contributed by atoms with Gasteiger partial charge in [-0.3, -0.25) is 4.79 Å². The molecular formula is C12H18N2O3. The Bertz CT molecular complexity index is 369. The predicted molar refractivity (Wildman–Crippen MR) is 63.7 cm³/mol. The number of carbonyl (C=O) groups excluding carboxylic acids is 1. The van der Waals surface area contributed by atoms with E-state index in [2.05, 4.69) is 4.98 Å². The van der Waals surface area contributed by atoms with Gasteiger partial charge in [0.2, 0.25) is 5.88 Å². The van der Waals surface area contributed by atoms with Gasteiger partial charge in [-0.25, -0.2) is 4.98 Å². The lowest BCUT2D eigenvalue weighted by Gasteiger charge is -2.12. The number of aromatic nitrogens is 1. The summed E-state index contributed by atoms with van der Waals surface area (Å²) < 4.78 is 10.2. The zero-order valence-electron chi connectivity index (χ0n) is 10.2. The Morgan fingerprint density at radius 3 is 2.88 bits per heavy atom. The molecule has 0 bridgehead atoms. The van der Waals surface area contributed by atoms with Crippen molar-refractivity contribution in [2.45, 2.75) is 26.3 Å². The molecule has 0 spiro atoms. The molecular weight excluding hydrogens is 220 g/mol. The zero-order valence-corrected chi connectivity index (χ0v) is 10.2. The lowest BCUT2D eigenvalue weighted by atomic mass is 10.1. The molecule has 0 radical (unpaired) electrons. The Balaban J connectivity index is 2.70. The third-order valence-corrected chi connectivity index (χ3v) is 2.16. The fourth-order valence-electron chi connectivity index (χ4n) is 1.42. The van der Waals surface area contributed by atoms with Crippen LogP contribution in [0.2, 0.25) is 0 Å². The van der Waals surface area contributed by atoms with Crippen LogP contribution in [0.3, 0.4) is 0 Å². The second-order valence-electron chi connectivity index (χ2n) is 3.46. The van der Waals surface area contributed by atoms with Crippen LogP contribution in [0.1, 0.15) is 19.4 Å². The van der Waals surface area contributed by atoms with Gasteiger partial charge in [0.25, 0.3) is 0 Å². The monoisotopic (exact) mass is 238 g/mol. The number of rotatable bonds is 6. The molecule has 1 aromatic heterocycles. The van der Waals surface area contributed by atoms with Gasteiger partial charge >= 0.3 is 5.97 Å². The van der Waals surface area contributed by atoms with Crippen LogP contribution in [0.5, 0.6) is 5.88 Å². The normalized spacial score (nSPS) is 11.9. The van der Waals surface area contributed by atoms with Crippen molar-refractivity contribution in [1.82, 2.24) is 4.98 Å².